The van der Waals surface area contributed by atoms with Crippen LogP contribution >= 0.6 is 11.3 Å². The monoisotopic (exact) mass is 311 g/mol. The molecule has 1 amide bonds. The third-order valence-electron chi connectivity index (χ3n) is 2.63. The maximum Gasteiger partial charge on any atom is 0.268 e. The van der Waals surface area contributed by atoms with Gasteiger partial charge in [0.15, 0.2) is 6.10 Å². The Bertz CT molecular complexity index is 690. The van der Waals surface area contributed by atoms with Crippen molar-refractivity contribution in [2.24, 2.45) is 0 Å². The summed E-state index contributed by atoms with van der Waals surface area (Å²) in [6, 6.07) is 9.31. The number of nitrogens with one attached hydrogen (secondary N) is 1. The number of hydrogen-bond donors (Lipinski definition) is 2. The summed E-state index contributed by atoms with van der Waals surface area (Å²) < 4.78 is 25.8. The van der Waals surface area contributed by atoms with Crippen molar-refractivity contribution in [3.8, 4) is 0 Å². The molecule has 5 nitrogen and oxygen atoms in total. The van der Waals surface area contributed by atoms with Gasteiger partial charge in [-0.25, -0.2) is 13.1 Å². The molecule has 0 bridgehead atoms. The average molecular weight is 311 g/mol. The zero-order valence-electron chi connectivity index (χ0n) is 10.6. The van der Waals surface area contributed by atoms with E-state index in [-0.39, 0.29) is 4.90 Å². The second kappa shape index (κ2) is 5.74. The number of thiophene rings is 1. The van der Waals surface area contributed by atoms with Crippen LogP contribution in [-0.2, 0) is 14.8 Å². The first-order valence-electron chi connectivity index (χ1n) is 5.75. The largest absolute Gasteiger partial charge is 0.378 e. The summed E-state index contributed by atoms with van der Waals surface area (Å²) in [5.41, 5.74) is 0.911. The molecule has 1 unspecified atom stereocenters. The van der Waals surface area contributed by atoms with Crippen molar-refractivity contribution >= 4 is 27.3 Å². The van der Waals surface area contributed by atoms with E-state index in [2.05, 4.69) is 0 Å². The number of aryl methyl sites for hydroxylation is 1. The highest BCUT2D eigenvalue weighted by Crippen LogP contribution is 2.19. The molecular formula is C13H13NO4S2. The first-order valence-corrected chi connectivity index (χ1v) is 8.11. The van der Waals surface area contributed by atoms with Crippen molar-refractivity contribution < 1.29 is 18.3 Å². The van der Waals surface area contributed by atoms with Crippen molar-refractivity contribution in [1.29, 1.82) is 0 Å². The zero-order chi connectivity index (χ0) is 14.8. The summed E-state index contributed by atoms with van der Waals surface area (Å²) in [5.74, 6) is -0.965. The van der Waals surface area contributed by atoms with Gasteiger partial charge in [0.2, 0.25) is 0 Å². The van der Waals surface area contributed by atoms with Crippen LogP contribution in [0, 0.1) is 6.92 Å². The molecule has 0 spiro atoms. The maximum atomic E-state index is 12.0. The zero-order valence-corrected chi connectivity index (χ0v) is 12.2. The molecule has 0 saturated carbocycles. The van der Waals surface area contributed by atoms with Crippen molar-refractivity contribution in [3.05, 3.63) is 52.2 Å². The lowest BCUT2D eigenvalue weighted by Crippen LogP contribution is -2.34. The van der Waals surface area contributed by atoms with Gasteiger partial charge in [-0.05, 0) is 30.5 Å². The van der Waals surface area contributed by atoms with Gasteiger partial charge in [-0.1, -0.05) is 23.8 Å². The third-order valence-corrected chi connectivity index (χ3v) is 4.91. The number of aliphatic hydroxyl groups excluding tert-OH is 1. The van der Waals surface area contributed by atoms with E-state index in [9.17, 15) is 18.3 Å². The fourth-order valence-electron chi connectivity index (χ4n) is 1.54. The van der Waals surface area contributed by atoms with E-state index in [1.807, 2.05) is 11.6 Å². The molecule has 1 aromatic heterocycles. The van der Waals surface area contributed by atoms with Gasteiger partial charge in [-0.2, -0.15) is 0 Å². The predicted octanol–water partition coefficient (Wildman–Crippen LogP) is 1.60. The molecule has 0 aliphatic rings. The molecule has 1 atom stereocenters. The van der Waals surface area contributed by atoms with Crippen molar-refractivity contribution in [3.63, 3.8) is 0 Å². The Hall–Kier alpha value is -1.70. The van der Waals surface area contributed by atoms with Gasteiger partial charge in [0.25, 0.3) is 15.9 Å². The summed E-state index contributed by atoms with van der Waals surface area (Å²) >= 11 is 1.18. The predicted molar refractivity (Wildman–Crippen MR) is 75.8 cm³/mol. The van der Waals surface area contributed by atoms with Gasteiger partial charge in [-0.15, -0.1) is 11.3 Å². The van der Waals surface area contributed by atoms with Crippen LogP contribution in [0.2, 0.25) is 0 Å². The van der Waals surface area contributed by atoms with E-state index in [1.165, 1.54) is 23.5 Å². The lowest BCUT2D eigenvalue weighted by atomic mass is 10.2. The Kier molecular flexibility index (Phi) is 4.22. The number of sulfonamides is 1. The number of amides is 1. The second-order valence-electron chi connectivity index (χ2n) is 4.20. The molecule has 106 valence electrons. The van der Waals surface area contributed by atoms with Gasteiger partial charge in [0.05, 0.1) is 4.90 Å². The molecule has 20 heavy (non-hydrogen) atoms. The van der Waals surface area contributed by atoms with Crippen molar-refractivity contribution in [1.82, 2.24) is 4.72 Å². The fraction of sp³-hybridized carbons (Fsp3) is 0.154. The Morgan fingerprint density at radius 3 is 2.45 bits per heavy atom. The molecule has 0 radical (unpaired) electrons. The summed E-state index contributed by atoms with van der Waals surface area (Å²) in [7, 11) is -3.97. The first kappa shape index (κ1) is 14.7. The van der Waals surface area contributed by atoms with Crippen LogP contribution in [0.25, 0.3) is 0 Å². The summed E-state index contributed by atoms with van der Waals surface area (Å²) in [6.07, 6.45) is -1.49. The van der Waals surface area contributed by atoms with Crippen molar-refractivity contribution in [2.45, 2.75) is 17.9 Å². The highest BCUT2D eigenvalue weighted by Gasteiger charge is 2.24. The minimum atomic E-state index is -3.97. The summed E-state index contributed by atoms with van der Waals surface area (Å²) in [6.45, 7) is 1.83. The lowest BCUT2D eigenvalue weighted by molar-refractivity contribution is -0.127. The smallest absolute Gasteiger partial charge is 0.268 e. The van der Waals surface area contributed by atoms with Gasteiger partial charge in [0, 0.05) is 4.88 Å². The van der Waals surface area contributed by atoms with Crippen LogP contribution in [-0.4, -0.2) is 19.4 Å². The van der Waals surface area contributed by atoms with Crippen LogP contribution < -0.4 is 4.72 Å². The SMILES string of the molecule is Cc1ccc(S(=O)(=O)NC(=O)C(O)c2cccs2)cc1. The van der Waals surface area contributed by atoms with E-state index < -0.39 is 22.0 Å². The van der Waals surface area contributed by atoms with E-state index in [0.717, 1.165) is 5.56 Å². The highest BCUT2D eigenvalue weighted by atomic mass is 32.2. The number of carbonyl (C=O) groups is 1. The molecule has 0 aliphatic carbocycles. The number of benzene rings is 1. The van der Waals surface area contributed by atoms with E-state index in [1.54, 1.807) is 29.6 Å². The van der Waals surface area contributed by atoms with Crippen LogP contribution in [0.1, 0.15) is 16.5 Å². The fourth-order valence-corrected chi connectivity index (χ4v) is 3.24. The van der Waals surface area contributed by atoms with Gasteiger partial charge >= 0.3 is 0 Å². The standard InChI is InChI=1S/C13H13NO4S2/c1-9-4-6-10(7-5-9)20(17,18)14-13(16)12(15)11-3-2-8-19-11/h2-8,12,15H,1H3,(H,14,16). The quantitative estimate of drug-likeness (QED) is 0.898. The number of hydrogen-bond acceptors (Lipinski definition) is 5. The minimum absolute atomic E-state index is 0.0187. The summed E-state index contributed by atoms with van der Waals surface area (Å²) in [5, 5.41) is 11.5. The molecule has 2 aromatic rings. The topological polar surface area (TPSA) is 83.5 Å². The molecule has 0 fully saturated rings. The van der Waals surface area contributed by atoms with Gasteiger partial charge in [0.1, 0.15) is 0 Å². The molecule has 2 rings (SSSR count). The second-order valence-corrected chi connectivity index (χ2v) is 6.86. The van der Waals surface area contributed by atoms with Crippen LogP contribution in [0.15, 0.2) is 46.7 Å². The number of carbonyl (C=O) groups excluding carboxylic acids is 1. The van der Waals surface area contributed by atoms with Crippen LogP contribution in [0.3, 0.4) is 0 Å². The van der Waals surface area contributed by atoms with Gasteiger partial charge < -0.3 is 5.11 Å². The molecule has 0 saturated heterocycles. The maximum absolute atomic E-state index is 12.0. The Balaban J connectivity index is 2.16. The minimum Gasteiger partial charge on any atom is -0.378 e. The Morgan fingerprint density at radius 1 is 1.25 bits per heavy atom. The van der Waals surface area contributed by atoms with E-state index in [0.29, 0.717) is 4.88 Å². The third kappa shape index (κ3) is 3.24. The van der Waals surface area contributed by atoms with Crippen LogP contribution in [0.5, 0.6) is 0 Å². The Morgan fingerprint density at radius 2 is 1.90 bits per heavy atom. The average Bonchev–Trinajstić information content (AvgIpc) is 2.91. The molecular weight excluding hydrogens is 298 g/mol. The van der Waals surface area contributed by atoms with E-state index >= 15 is 0 Å². The van der Waals surface area contributed by atoms with Gasteiger partial charge in [-0.3, -0.25) is 4.79 Å². The molecule has 1 heterocycles. The summed E-state index contributed by atoms with van der Waals surface area (Å²) in [4.78, 5) is 12.1. The molecule has 0 aliphatic heterocycles. The van der Waals surface area contributed by atoms with E-state index in [4.69, 9.17) is 0 Å². The van der Waals surface area contributed by atoms with Crippen molar-refractivity contribution in [2.75, 3.05) is 0 Å². The molecule has 1 aromatic carbocycles. The lowest BCUT2D eigenvalue weighted by Gasteiger charge is -2.10. The number of aliphatic hydroxyl groups is 1. The first-order chi connectivity index (χ1) is 9.40. The number of rotatable bonds is 4. The highest BCUT2D eigenvalue weighted by molar-refractivity contribution is 7.90. The Labute approximate surface area is 120 Å². The molecule has 2 N–H and O–H groups in total. The normalized spacial score (nSPS) is 12.9. The molecule has 7 heteroatoms. The van der Waals surface area contributed by atoms with Crippen LogP contribution in [0.4, 0.5) is 0 Å².